The number of hydrogen-bond acceptors (Lipinski definition) is 4. The van der Waals surface area contributed by atoms with Gasteiger partial charge in [-0.2, -0.15) is 5.10 Å². The van der Waals surface area contributed by atoms with Crippen molar-refractivity contribution in [2.24, 2.45) is 5.10 Å². The fourth-order valence-electron chi connectivity index (χ4n) is 1.87. The number of methoxy groups -OCH3 is 2. The molecule has 6 heteroatoms. The lowest BCUT2D eigenvalue weighted by molar-refractivity contribution is 0.394. The number of nitrogens with zero attached hydrogens (tertiary/aromatic N) is 1. The van der Waals surface area contributed by atoms with Crippen LogP contribution in [-0.4, -0.2) is 20.4 Å². The highest BCUT2D eigenvalue weighted by atomic mass is 35.5. The molecule has 0 aliphatic heterocycles. The van der Waals surface area contributed by atoms with Gasteiger partial charge in [-0.1, -0.05) is 29.3 Å². The molecule has 0 saturated heterocycles. The van der Waals surface area contributed by atoms with Gasteiger partial charge in [-0.05, 0) is 24.3 Å². The lowest BCUT2D eigenvalue weighted by Crippen LogP contribution is -2.07. The standard InChI is InChI=1S/C16H16Cl2N2O2/c1-21-12-7-6-11(16(8-12)22-2)9-19-20-10-13-14(17)4-3-5-15(13)18/h3-9,20H,10H2,1-2H3/b19-9-. The summed E-state index contributed by atoms with van der Waals surface area (Å²) in [5.74, 6) is 1.41. The molecule has 0 amide bonds. The van der Waals surface area contributed by atoms with Gasteiger partial charge in [-0.15, -0.1) is 0 Å². The van der Waals surface area contributed by atoms with Gasteiger partial charge in [-0.3, -0.25) is 0 Å². The van der Waals surface area contributed by atoms with E-state index in [1.165, 1.54) is 0 Å². The highest BCUT2D eigenvalue weighted by molar-refractivity contribution is 6.35. The number of hydrazone groups is 1. The summed E-state index contributed by atoms with van der Waals surface area (Å²) in [4.78, 5) is 0. The first-order valence-corrected chi connectivity index (χ1v) is 7.32. The maximum absolute atomic E-state index is 6.10. The number of ether oxygens (including phenoxy) is 2. The monoisotopic (exact) mass is 338 g/mol. The molecule has 2 rings (SSSR count). The van der Waals surface area contributed by atoms with Crippen LogP contribution < -0.4 is 14.9 Å². The molecule has 0 aromatic heterocycles. The minimum atomic E-state index is 0.438. The van der Waals surface area contributed by atoms with E-state index >= 15 is 0 Å². The Labute approximate surface area is 139 Å². The first-order chi connectivity index (χ1) is 10.7. The summed E-state index contributed by atoms with van der Waals surface area (Å²) in [6.45, 7) is 0.438. The number of nitrogens with one attached hydrogen (secondary N) is 1. The average molecular weight is 339 g/mol. The molecule has 0 unspecified atom stereocenters. The van der Waals surface area contributed by atoms with Crippen molar-refractivity contribution in [1.29, 1.82) is 0 Å². The van der Waals surface area contributed by atoms with Crippen LogP contribution in [0.3, 0.4) is 0 Å². The summed E-state index contributed by atoms with van der Waals surface area (Å²) >= 11 is 12.2. The topological polar surface area (TPSA) is 42.8 Å². The van der Waals surface area contributed by atoms with E-state index < -0.39 is 0 Å². The van der Waals surface area contributed by atoms with Gasteiger partial charge in [0.2, 0.25) is 0 Å². The molecule has 0 aliphatic carbocycles. The maximum atomic E-state index is 6.10. The van der Waals surface area contributed by atoms with E-state index in [2.05, 4.69) is 10.5 Å². The molecule has 4 nitrogen and oxygen atoms in total. The van der Waals surface area contributed by atoms with Crippen LogP contribution in [0.15, 0.2) is 41.5 Å². The number of benzene rings is 2. The SMILES string of the molecule is COc1ccc(/C=N\NCc2c(Cl)cccc2Cl)c(OC)c1. The maximum Gasteiger partial charge on any atom is 0.131 e. The second-order valence-electron chi connectivity index (χ2n) is 4.40. The third kappa shape index (κ3) is 4.06. The van der Waals surface area contributed by atoms with E-state index in [0.717, 1.165) is 16.9 Å². The van der Waals surface area contributed by atoms with E-state index in [4.69, 9.17) is 32.7 Å². The zero-order valence-corrected chi connectivity index (χ0v) is 13.8. The zero-order chi connectivity index (χ0) is 15.9. The van der Waals surface area contributed by atoms with Crippen LogP contribution in [0.5, 0.6) is 11.5 Å². The van der Waals surface area contributed by atoms with Crippen molar-refractivity contribution in [2.45, 2.75) is 6.54 Å². The largest absolute Gasteiger partial charge is 0.497 e. The summed E-state index contributed by atoms with van der Waals surface area (Å²) in [6, 6.07) is 10.9. The van der Waals surface area contributed by atoms with Crippen LogP contribution in [0.4, 0.5) is 0 Å². The van der Waals surface area contributed by atoms with Gasteiger partial charge in [0.15, 0.2) is 0 Å². The Morgan fingerprint density at radius 2 is 1.82 bits per heavy atom. The zero-order valence-electron chi connectivity index (χ0n) is 12.3. The van der Waals surface area contributed by atoms with Crippen molar-refractivity contribution in [3.05, 3.63) is 57.6 Å². The molecule has 0 aliphatic rings. The Kier molecular flexibility index (Phi) is 5.92. The predicted octanol–water partition coefficient (Wildman–Crippen LogP) is 4.13. The molecular formula is C16H16Cl2N2O2. The van der Waals surface area contributed by atoms with Crippen molar-refractivity contribution in [3.8, 4) is 11.5 Å². The van der Waals surface area contributed by atoms with Crippen LogP contribution in [0, 0.1) is 0 Å². The van der Waals surface area contributed by atoms with Gasteiger partial charge in [-0.25, -0.2) is 0 Å². The Morgan fingerprint density at radius 3 is 2.45 bits per heavy atom. The molecule has 0 bridgehead atoms. The highest BCUT2D eigenvalue weighted by Gasteiger charge is 2.05. The number of hydrogen-bond donors (Lipinski definition) is 1. The van der Waals surface area contributed by atoms with Gasteiger partial charge in [0.25, 0.3) is 0 Å². The first-order valence-electron chi connectivity index (χ1n) is 6.56. The molecule has 1 N–H and O–H groups in total. The minimum Gasteiger partial charge on any atom is -0.497 e. The van der Waals surface area contributed by atoms with Crippen molar-refractivity contribution in [2.75, 3.05) is 14.2 Å². The molecule has 0 fully saturated rings. The number of halogens is 2. The molecule has 2 aromatic rings. The van der Waals surface area contributed by atoms with E-state index in [1.54, 1.807) is 44.7 Å². The lowest BCUT2D eigenvalue weighted by atomic mass is 10.2. The molecule has 2 aromatic carbocycles. The second-order valence-corrected chi connectivity index (χ2v) is 5.22. The van der Waals surface area contributed by atoms with Gasteiger partial charge >= 0.3 is 0 Å². The Morgan fingerprint density at radius 1 is 1.09 bits per heavy atom. The number of rotatable bonds is 6. The van der Waals surface area contributed by atoms with E-state index in [-0.39, 0.29) is 0 Å². The smallest absolute Gasteiger partial charge is 0.131 e. The second kappa shape index (κ2) is 7.92. The first kappa shape index (κ1) is 16.5. The van der Waals surface area contributed by atoms with Crippen LogP contribution in [0.1, 0.15) is 11.1 Å². The minimum absolute atomic E-state index is 0.438. The predicted molar refractivity (Wildman–Crippen MR) is 90.4 cm³/mol. The normalized spacial score (nSPS) is 10.7. The van der Waals surface area contributed by atoms with Crippen LogP contribution in [-0.2, 0) is 6.54 Å². The summed E-state index contributed by atoms with van der Waals surface area (Å²) in [5, 5.41) is 5.39. The third-order valence-electron chi connectivity index (χ3n) is 3.05. The van der Waals surface area contributed by atoms with Crippen molar-refractivity contribution in [3.63, 3.8) is 0 Å². The van der Waals surface area contributed by atoms with Crippen LogP contribution in [0.2, 0.25) is 10.0 Å². The quantitative estimate of drug-likeness (QED) is 0.636. The van der Waals surface area contributed by atoms with Crippen molar-refractivity contribution < 1.29 is 9.47 Å². The highest BCUT2D eigenvalue weighted by Crippen LogP contribution is 2.24. The van der Waals surface area contributed by atoms with Gasteiger partial charge in [0.1, 0.15) is 11.5 Å². The summed E-state index contributed by atoms with van der Waals surface area (Å²) in [5.41, 5.74) is 4.57. The molecule has 0 atom stereocenters. The molecular weight excluding hydrogens is 323 g/mol. The molecule has 0 heterocycles. The molecule has 0 spiro atoms. The lowest BCUT2D eigenvalue weighted by Gasteiger charge is -2.08. The Bertz CT molecular complexity index is 655. The molecule has 0 radical (unpaired) electrons. The molecule has 22 heavy (non-hydrogen) atoms. The summed E-state index contributed by atoms with van der Waals surface area (Å²) < 4.78 is 10.5. The summed E-state index contributed by atoms with van der Waals surface area (Å²) in [6.07, 6.45) is 1.67. The fraction of sp³-hybridized carbons (Fsp3) is 0.188. The Hall–Kier alpha value is -1.91. The van der Waals surface area contributed by atoms with Crippen molar-refractivity contribution in [1.82, 2.24) is 5.43 Å². The van der Waals surface area contributed by atoms with E-state index in [0.29, 0.717) is 22.3 Å². The third-order valence-corrected chi connectivity index (χ3v) is 3.76. The van der Waals surface area contributed by atoms with E-state index in [9.17, 15) is 0 Å². The fourth-order valence-corrected chi connectivity index (χ4v) is 2.40. The Balaban J connectivity index is 2.04. The average Bonchev–Trinajstić information content (AvgIpc) is 2.53. The van der Waals surface area contributed by atoms with Crippen LogP contribution >= 0.6 is 23.2 Å². The van der Waals surface area contributed by atoms with Gasteiger partial charge in [0, 0.05) is 27.2 Å². The van der Waals surface area contributed by atoms with Gasteiger partial charge < -0.3 is 14.9 Å². The van der Waals surface area contributed by atoms with Crippen LogP contribution in [0.25, 0.3) is 0 Å². The van der Waals surface area contributed by atoms with Gasteiger partial charge in [0.05, 0.1) is 27.0 Å². The summed E-state index contributed by atoms with van der Waals surface area (Å²) in [7, 11) is 3.21. The molecule has 116 valence electrons. The van der Waals surface area contributed by atoms with Crippen molar-refractivity contribution >= 4 is 29.4 Å². The molecule has 0 saturated carbocycles. The van der Waals surface area contributed by atoms with E-state index in [1.807, 2.05) is 12.1 Å².